The van der Waals surface area contributed by atoms with E-state index in [4.69, 9.17) is 27.9 Å². The van der Waals surface area contributed by atoms with Crippen LogP contribution in [-0.4, -0.2) is 7.11 Å². The molecule has 21 heavy (non-hydrogen) atoms. The average Bonchev–Trinajstić information content (AvgIpc) is 2.48. The third kappa shape index (κ3) is 3.84. The molecule has 1 atom stereocenters. The van der Waals surface area contributed by atoms with Crippen molar-refractivity contribution in [1.29, 1.82) is 0 Å². The van der Waals surface area contributed by atoms with E-state index in [0.717, 1.165) is 23.4 Å². The molecule has 1 N–H and O–H groups in total. The van der Waals surface area contributed by atoms with Crippen molar-refractivity contribution in [2.45, 2.75) is 26.3 Å². The fraction of sp³-hybridized carbons (Fsp3) is 0.294. The molecule has 1 unspecified atom stereocenters. The van der Waals surface area contributed by atoms with Crippen LogP contribution in [0.1, 0.15) is 30.5 Å². The number of halogens is 2. The number of benzene rings is 2. The van der Waals surface area contributed by atoms with Gasteiger partial charge in [0, 0.05) is 0 Å². The number of hydrogen-bond donors (Lipinski definition) is 1. The number of anilines is 1. The predicted octanol–water partition coefficient (Wildman–Crippen LogP) is 5.87. The SMILES string of the molecule is CCC(Nc1ccc(C)cc1OC)c1ccc(Cl)c(Cl)c1. The average molecular weight is 324 g/mol. The topological polar surface area (TPSA) is 21.3 Å². The predicted molar refractivity (Wildman–Crippen MR) is 90.8 cm³/mol. The Morgan fingerprint density at radius 1 is 1.10 bits per heavy atom. The van der Waals surface area contributed by atoms with Gasteiger partial charge in [0.15, 0.2) is 0 Å². The Balaban J connectivity index is 2.28. The van der Waals surface area contributed by atoms with E-state index < -0.39 is 0 Å². The van der Waals surface area contributed by atoms with Gasteiger partial charge in [0.25, 0.3) is 0 Å². The molecule has 2 aromatic carbocycles. The van der Waals surface area contributed by atoms with Crippen LogP contribution in [0.5, 0.6) is 5.75 Å². The molecule has 0 spiro atoms. The Morgan fingerprint density at radius 2 is 1.86 bits per heavy atom. The molecule has 0 aromatic heterocycles. The summed E-state index contributed by atoms with van der Waals surface area (Å²) in [7, 11) is 1.68. The highest BCUT2D eigenvalue weighted by Crippen LogP contribution is 2.32. The summed E-state index contributed by atoms with van der Waals surface area (Å²) in [5.41, 5.74) is 3.25. The lowest BCUT2D eigenvalue weighted by molar-refractivity contribution is 0.415. The number of aryl methyl sites for hydroxylation is 1. The maximum absolute atomic E-state index is 6.11. The molecule has 0 aliphatic carbocycles. The second-order valence-electron chi connectivity index (χ2n) is 4.98. The smallest absolute Gasteiger partial charge is 0.142 e. The van der Waals surface area contributed by atoms with Crippen LogP contribution >= 0.6 is 23.2 Å². The molecule has 0 saturated heterocycles. The van der Waals surface area contributed by atoms with Gasteiger partial charge in [0.1, 0.15) is 5.75 Å². The Kier molecular flexibility index (Phi) is 5.38. The monoisotopic (exact) mass is 323 g/mol. The molecular weight excluding hydrogens is 305 g/mol. The molecular formula is C17H19Cl2NO. The van der Waals surface area contributed by atoms with Crippen LogP contribution in [0.15, 0.2) is 36.4 Å². The Hall–Kier alpha value is -1.38. The second-order valence-corrected chi connectivity index (χ2v) is 5.80. The number of methoxy groups -OCH3 is 1. The minimum atomic E-state index is 0.149. The third-order valence-electron chi connectivity index (χ3n) is 3.44. The quantitative estimate of drug-likeness (QED) is 0.742. The molecule has 0 heterocycles. The van der Waals surface area contributed by atoms with Gasteiger partial charge in [-0.25, -0.2) is 0 Å². The highest BCUT2D eigenvalue weighted by atomic mass is 35.5. The van der Waals surface area contributed by atoms with E-state index in [1.165, 1.54) is 5.56 Å². The normalized spacial score (nSPS) is 12.0. The van der Waals surface area contributed by atoms with E-state index >= 15 is 0 Å². The molecule has 2 nitrogen and oxygen atoms in total. The lowest BCUT2D eigenvalue weighted by atomic mass is 10.0. The van der Waals surface area contributed by atoms with Crippen LogP contribution in [0.3, 0.4) is 0 Å². The molecule has 0 aliphatic heterocycles. The van der Waals surface area contributed by atoms with E-state index in [1.54, 1.807) is 7.11 Å². The van der Waals surface area contributed by atoms with Crippen molar-refractivity contribution in [1.82, 2.24) is 0 Å². The van der Waals surface area contributed by atoms with Crippen molar-refractivity contribution in [2.24, 2.45) is 0 Å². The Bertz CT molecular complexity index is 628. The van der Waals surface area contributed by atoms with E-state index in [2.05, 4.69) is 18.3 Å². The number of rotatable bonds is 5. The van der Waals surface area contributed by atoms with Crippen LogP contribution < -0.4 is 10.1 Å². The molecule has 2 rings (SSSR count). The van der Waals surface area contributed by atoms with E-state index in [1.807, 2.05) is 37.3 Å². The lowest BCUT2D eigenvalue weighted by Gasteiger charge is -2.21. The maximum Gasteiger partial charge on any atom is 0.142 e. The maximum atomic E-state index is 6.11. The van der Waals surface area contributed by atoms with E-state index in [-0.39, 0.29) is 6.04 Å². The van der Waals surface area contributed by atoms with Crippen molar-refractivity contribution in [3.8, 4) is 5.75 Å². The fourth-order valence-corrected chi connectivity index (χ4v) is 2.56. The fourth-order valence-electron chi connectivity index (χ4n) is 2.26. The second kappa shape index (κ2) is 7.06. The zero-order valence-corrected chi connectivity index (χ0v) is 13.9. The van der Waals surface area contributed by atoms with E-state index in [9.17, 15) is 0 Å². The van der Waals surface area contributed by atoms with Crippen LogP contribution in [0.2, 0.25) is 10.0 Å². The Morgan fingerprint density at radius 3 is 2.48 bits per heavy atom. The number of nitrogens with one attached hydrogen (secondary N) is 1. The lowest BCUT2D eigenvalue weighted by Crippen LogP contribution is -2.10. The summed E-state index contributed by atoms with van der Waals surface area (Å²) >= 11 is 12.1. The van der Waals surface area contributed by atoms with Gasteiger partial charge in [-0.2, -0.15) is 0 Å². The first-order valence-electron chi connectivity index (χ1n) is 6.91. The summed E-state index contributed by atoms with van der Waals surface area (Å²) in [6, 6.07) is 12.0. The molecule has 0 saturated carbocycles. The first-order valence-corrected chi connectivity index (χ1v) is 7.67. The third-order valence-corrected chi connectivity index (χ3v) is 4.18. The number of hydrogen-bond acceptors (Lipinski definition) is 2. The van der Waals surface area contributed by atoms with Gasteiger partial charge in [0.2, 0.25) is 0 Å². The summed E-state index contributed by atoms with van der Waals surface area (Å²) in [5.74, 6) is 0.841. The molecule has 4 heteroatoms. The van der Waals surface area contributed by atoms with Crippen LogP contribution in [-0.2, 0) is 0 Å². The van der Waals surface area contributed by atoms with Crippen molar-refractivity contribution in [3.05, 3.63) is 57.6 Å². The molecule has 0 radical (unpaired) electrons. The minimum Gasteiger partial charge on any atom is -0.495 e. The van der Waals surface area contributed by atoms with Crippen LogP contribution in [0, 0.1) is 6.92 Å². The zero-order valence-electron chi connectivity index (χ0n) is 12.4. The van der Waals surface area contributed by atoms with Crippen LogP contribution in [0.4, 0.5) is 5.69 Å². The van der Waals surface area contributed by atoms with Crippen molar-refractivity contribution >= 4 is 28.9 Å². The van der Waals surface area contributed by atoms with Gasteiger partial charge in [-0.15, -0.1) is 0 Å². The van der Waals surface area contributed by atoms with Crippen LogP contribution in [0.25, 0.3) is 0 Å². The highest BCUT2D eigenvalue weighted by Gasteiger charge is 2.13. The molecule has 0 amide bonds. The highest BCUT2D eigenvalue weighted by molar-refractivity contribution is 6.42. The summed E-state index contributed by atoms with van der Waals surface area (Å²) in [6.07, 6.45) is 0.926. The van der Waals surface area contributed by atoms with Crippen molar-refractivity contribution in [2.75, 3.05) is 12.4 Å². The van der Waals surface area contributed by atoms with E-state index in [0.29, 0.717) is 10.0 Å². The Labute approximate surface area is 136 Å². The van der Waals surface area contributed by atoms with Gasteiger partial charge in [-0.1, -0.05) is 42.3 Å². The van der Waals surface area contributed by atoms with Crippen molar-refractivity contribution in [3.63, 3.8) is 0 Å². The van der Waals surface area contributed by atoms with Gasteiger partial charge in [-0.05, 0) is 48.7 Å². The summed E-state index contributed by atoms with van der Waals surface area (Å²) in [6.45, 7) is 4.17. The van der Waals surface area contributed by atoms with Gasteiger partial charge < -0.3 is 10.1 Å². The summed E-state index contributed by atoms with van der Waals surface area (Å²) in [5, 5.41) is 4.66. The largest absolute Gasteiger partial charge is 0.495 e. The van der Waals surface area contributed by atoms with Gasteiger partial charge >= 0.3 is 0 Å². The zero-order chi connectivity index (χ0) is 15.4. The molecule has 0 bridgehead atoms. The minimum absolute atomic E-state index is 0.149. The first-order chi connectivity index (χ1) is 10.0. The first kappa shape index (κ1) is 16.0. The van der Waals surface area contributed by atoms with Crippen molar-refractivity contribution < 1.29 is 4.74 Å². The van der Waals surface area contributed by atoms with Gasteiger partial charge in [0.05, 0.1) is 28.9 Å². The molecule has 0 fully saturated rings. The molecule has 112 valence electrons. The summed E-state index contributed by atoms with van der Waals surface area (Å²) in [4.78, 5) is 0. The number of ether oxygens (including phenoxy) is 1. The van der Waals surface area contributed by atoms with Gasteiger partial charge in [-0.3, -0.25) is 0 Å². The molecule has 2 aromatic rings. The standard InChI is InChI=1S/C17H19Cl2NO/c1-4-15(12-6-7-13(18)14(19)10-12)20-16-8-5-11(2)9-17(16)21-3/h5-10,15,20H,4H2,1-3H3. The molecule has 0 aliphatic rings. The summed E-state index contributed by atoms with van der Waals surface area (Å²) < 4.78 is 5.44.